The highest BCUT2D eigenvalue weighted by Crippen LogP contribution is 2.58. The summed E-state index contributed by atoms with van der Waals surface area (Å²) in [5, 5.41) is 0. The first-order valence-corrected chi connectivity index (χ1v) is 7.83. The van der Waals surface area contributed by atoms with Gasteiger partial charge in [0.05, 0.1) is 0 Å². The monoisotopic (exact) mass is 229 g/mol. The molecule has 0 aromatic heterocycles. The van der Waals surface area contributed by atoms with Crippen LogP contribution in [-0.4, -0.2) is 29.1 Å². The van der Waals surface area contributed by atoms with Crippen LogP contribution in [0.3, 0.4) is 0 Å². The highest BCUT2D eigenvalue weighted by molar-refractivity contribution is 7.62. The summed E-state index contributed by atoms with van der Waals surface area (Å²) in [5.41, 5.74) is 2.68. The van der Waals surface area contributed by atoms with Crippen molar-refractivity contribution < 1.29 is 4.57 Å². The predicted octanol–water partition coefficient (Wildman–Crippen LogP) is 3.73. The molecule has 1 heterocycles. The first-order chi connectivity index (χ1) is 6.78. The van der Waals surface area contributed by atoms with Crippen molar-refractivity contribution in [2.75, 3.05) is 12.3 Å². The Bertz CT molecular complexity index is 292. The first kappa shape index (κ1) is 13.0. The molecule has 0 aromatic rings. The summed E-state index contributed by atoms with van der Waals surface area (Å²) >= 11 is 0. The van der Waals surface area contributed by atoms with E-state index in [-0.39, 0.29) is 0 Å². The molecule has 3 heteroatoms. The molecule has 0 saturated carbocycles. The molecular formula is C12H24NOP. The van der Waals surface area contributed by atoms with Crippen LogP contribution in [0.5, 0.6) is 0 Å². The van der Waals surface area contributed by atoms with Crippen LogP contribution in [-0.2, 0) is 4.57 Å². The molecule has 1 aliphatic rings. The van der Waals surface area contributed by atoms with Crippen molar-refractivity contribution in [3.63, 3.8) is 0 Å². The lowest BCUT2D eigenvalue weighted by Crippen LogP contribution is -2.35. The third-order valence-corrected chi connectivity index (χ3v) is 6.88. The van der Waals surface area contributed by atoms with Gasteiger partial charge in [0.2, 0.25) is 0 Å². The van der Waals surface area contributed by atoms with E-state index in [1.807, 2.05) is 0 Å². The van der Waals surface area contributed by atoms with E-state index in [1.54, 1.807) is 0 Å². The Morgan fingerprint density at radius 3 is 1.60 bits per heavy atom. The van der Waals surface area contributed by atoms with Crippen LogP contribution >= 0.6 is 7.29 Å². The summed E-state index contributed by atoms with van der Waals surface area (Å²) in [5.74, 6) is 0. The molecule has 1 rings (SSSR count). The van der Waals surface area contributed by atoms with E-state index in [2.05, 4.69) is 46.2 Å². The van der Waals surface area contributed by atoms with E-state index in [0.717, 1.165) is 12.3 Å². The highest BCUT2D eigenvalue weighted by Gasteiger charge is 2.38. The fourth-order valence-corrected chi connectivity index (χ4v) is 6.81. The van der Waals surface area contributed by atoms with Gasteiger partial charge in [0.15, 0.2) is 7.29 Å². The molecule has 0 saturated heterocycles. The zero-order chi connectivity index (χ0) is 11.8. The minimum Gasteiger partial charge on any atom is -0.306 e. The molecule has 0 amide bonds. The Kier molecular flexibility index (Phi) is 3.84. The van der Waals surface area contributed by atoms with Crippen molar-refractivity contribution >= 4 is 7.29 Å². The largest absolute Gasteiger partial charge is 0.306 e. The van der Waals surface area contributed by atoms with Crippen molar-refractivity contribution in [3.05, 3.63) is 11.1 Å². The maximum absolute atomic E-state index is 12.9. The number of nitrogens with zero attached hydrogens (tertiary/aromatic N) is 1. The highest BCUT2D eigenvalue weighted by atomic mass is 31.2. The molecular weight excluding hydrogens is 205 g/mol. The molecule has 0 atom stereocenters. The van der Waals surface area contributed by atoms with Crippen molar-refractivity contribution in [2.45, 2.75) is 53.6 Å². The van der Waals surface area contributed by atoms with Crippen molar-refractivity contribution in [2.24, 2.45) is 0 Å². The molecule has 88 valence electrons. The van der Waals surface area contributed by atoms with Gasteiger partial charge in [-0.2, -0.15) is 0 Å². The van der Waals surface area contributed by atoms with Crippen molar-refractivity contribution in [1.82, 2.24) is 4.67 Å². The standard InChI is InChI=1S/C12H24NOP/c1-9(2)13(10(3)4)15(14)7-11(5)12(6)8-15/h9-10H,7-8H2,1-6H3. The van der Waals surface area contributed by atoms with Gasteiger partial charge in [0, 0.05) is 24.4 Å². The van der Waals surface area contributed by atoms with Gasteiger partial charge in [-0.25, -0.2) is 4.67 Å². The van der Waals surface area contributed by atoms with Gasteiger partial charge in [-0.05, 0) is 41.5 Å². The van der Waals surface area contributed by atoms with Crippen molar-refractivity contribution in [3.8, 4) is 0 Å². The maximum Gasteiger partial charge on any atom is 0.158 e. The summed E-state index contributed by atoms with van der Waals surface area (Å²) in [7, 11) is -2.15. The van der Waals surface area contributed by atoms with Gasteiger partial charge in [0.25, 0.3) is 0 Å². The number of hydrogen-bond donors (Lipinski definition) is 0. The topological polar surface area (TPSA) is 20.3 Å². The second kappa shape index (κ2) is 4.43. The summed E-state index contributed by atoms with van der Waals surface area (Å²) in [4.78, 5) is 0. The third-order valence-electron chi connectivity index (χ3n) is 3.18. The number of hydrogen-bond acceptors (Lipinski definition) is 1. The molecule has 0 fully saturated rings. The van der Waals surface area contributed by atoms with E-state index in [4.69, 9.17) is 0 Å². The fourth-order valence-electron chi connectivity index (χ4n) is 2.67. The lowest BCUT2D eigenvalue weighted by Gasteiger charge is -2.36. The lowest BCUT2D eigenvalue weighted by atomic mass is 10.2. The van der Waals surface area contributed by atoms with Crippen molar-refractivity contribution in [1.29, 1.82) is 0 Å². The summed E-state index contributed by atoms with van der Waals surface area (Å²) < 4.78 is 15.1. The first-order valence-electron chi connectivity index (χ1n) is 5.80. The lowest BCUT2D eigenvalue weighted by molar-refractivity contribution is 0.301. The van der Waals surface area contributed by atoms with E-state index < -0.39 is 7.29 Å². The van der Waals surface area contributed by atoms with Gasteiger partial charge >= 0.3 is 0 Å². The van der Waals surface area contributed by atoms with Crippen LogP contribution in [0.4, 0.5) is 0 Å². The van der Waals surface area contributed by atoms with Crippen LogP contribution < -0.4 is 0 Å². The predicted molar refractivity (Wildman–Crippen MR) is 67.8 cm³/mol. The van der Waals surface area contributed by atoms with Gasteiger partial charge < -0.3 is 4.57 Å². The summed E-state index contributed by atoms with van der Waals surface area (Å²) in [6, 6.07) is 0.740. The summed E-state index contributed by atoms with van der Waals surface area (Å²) in [6.07, 6.45) is 1.60. The molecule has 0 unspecified atom stereocenters. The van der Waals surface area contributed by atoms with Crippen LogP contribution in [0.15, 0.2) is 11.1 Å². The smallest absolute Gasteiger partial charge is 0.158 e. The molecule has 0 radical (unpaired) electrons. The van der Waals surface area contributed by atoms with Crippen LogP contribution in [0.2, 0.25) is 0 Å². The molecule has 15 heavy (non-hydrogen) atoms. The van der Waals surface area contributed by atoms with Crippen LogP contribution in [0.1, 0.15) is 41.5 Å². The molecule has 0 bridgehead atoms. The Balaban J connectivity index is 2.93. The van der Waals surface area contributed by atoms with Gasteiger partial charge in [-0.3, -0.25) is 0 Å². The van der Waals surface area contributed by atoms with E-state index in [9.17, 15) is 4.57 Å². The van der Waals surface area contributed by atoms with Crippen LogP contribution in [0, 0.1) is 0 Å². The molecule has 0 N–H and O–H groups in total. The minimum atomic E-state index is -2.15. The minimum absolute atomic E-state index is 0.370. The van der Waals surface area contributed by atoms with E-state index >= 15 is 0 Å². The Hall–Kier alpha value is -0.0700. The average Bonchev–Trinajstić information content (AvgIpc) is 2.23. The second-order valence-electron chi connectivity index (χ2n) is 5.29. The zero-order valence-corrected chi connectivity index (χ0v) is 11.8. The van der Waals surface area contributed by atoms with Crippen LogP contribution in [0.25, 0.3) is 0 Å². The molecule has 0 aliphatic carbocycles. The Labute approximate surface area is 94.2 Å². The van der Waals surface area contributed by atoms with E-state index in [1.165, 1.54) is 11.1 Å². The SMILES string of the molecule is CC1=C(C)CP(=O)(N(C(C)C)C(C)C)C1. The third kappa shape index (κ3) is 2.54. The number of rotatable bonds is 3. The summed E-state index contributed by atoms with van der Waals surface area (Å²) in [6.45, 7) is 12.8. The van der Waals surface area contributed by atoms with Gasteiger partial charge in [-0.15, -0.1) is 0 Å². The van der Waals surface area contributed by atoms with Gasteiger partial charge in [-0.1, -0.05) is 11.1 Å². The van der Waals surface area contributed by atoms with Gasteiger partial charge in [0.1, 0.15) is 0 Å². The maximum atomic E-state index is 12.9. The quantitative estimate of drug-likeness (QED) is 0.543. The average molecular weight is 229 g/mol. The normalized spacial score (nSPS) is 21.1. The Morgan fingerprint density at radius 1 is 1.00 bits per heavy atom. The molecule has 2 nitrogen and oxygen atoms in total. The fraction of sp³-hybridized carbons (Fsp3) is 0.833. The zero-order valence-electron chi connectivity index (χ0n) is 10.9. The molecule has 1 aliphatic heterocycles. The molecule has 0 spiro atoms. The Morgan fingerprint density at radius 2 is 1.33 bits per heavy atom. The second-order valence-corrected chi connectivity index (χ2v) is 8.08. The molecule has 0 aromatic carbocycles. The van der Waals surface area contributed by atoms with E-state index in [0.29, 0.717) is 12.1 Å². The number of allylic oxidation sites excluding steroid dienone is 2.